The highest BCUT2D eigenvalue weighted by Crippen LogP contribution is 2.14. The van der Waals surface area contributed by atoms with Crippen molar-refractivity contribution in [3.63, 3.8) is 0 Å². The Morgan fingerprint density at radius 1 is 0.609 bits per heavy atom. The molecule has 0 aromatic carbocycles. The Hall–Kier alpha value is 0.170. The predicted molar refractivity (Wildman–Crippen MR) is 100 cm³/mol. The van der Waals surface area contributed by atoms with Crippen LogP contribution in [0.4, 0.5) is 0 Å². The molecule has 0 amide bonds. The number of quaternary nitrogens is 1. The third-order valence-electron chi connectivity index (χ3n) is 4.84. The van der Waals surface area contributed by atoms with E-state index in [1.54, 1.807) is 0 Å². The van der Waals surface area contributed by atoms with E-state index in [2.05, 4.69) is 6.92 Å². The number of unbranched alkanes of at least 4 members (excludes halogenated alkanes) is 13. The molecule has 0 bridgehead atoms. The number of alkyl halides is 1. The van der Waals surface area contributed by atoms with E-state index >= 15 is 0 Å². The number of aliphatic hydroxyl groups is 2. The molecule has 0 aliphatic carbocycles. The van der Waals surface area contributed by atoms with Gasteiger partial charge in [0.1, 0.15) is 0 Å². The first-order valence-corrected chi connectivity index (χ1v) is 10.4. The zero-order valence-corrected chi connectivity index (χ0v) is 16.2. The minimum absolute atomic E-state index is 0.0710. The molecule has 0 radical (unpaired) electrons. The number of nitrogens with zero attached hydrogens (tertiary/aromatic N) is 1. The van der Waals surface area contributed by atoms with Crippen molar-refractivity contribution in [3.8, 4) is 0 Å². The number of aliphatic hydroxyl groups excluding tert-OH is 2. The summed E-state index contributed by atoms with van der Waals surface area (Å²) in [5.41, 5.74) is 0. The van der Waals surface area contributed by atoms with E-state index < -0.39 is 0 Å². The molecule has 0 aromatic rings. The highest BCUT2D eigenvalue weighted by atomic mass is 35.5. The van der Waals surface area contributed by atoms with E-state index in [1.165, 1.54) is 83.5 Å². The maximum atomic E-state index is 9.31. The Morgan fingerprint density at radius 2 is 0.957 bits per heavy atom. The molecular weight excluding hydrogens is 310 g/mol. The predicted octanol–water partition coefficient (Wildman–Crippen LogP) is 5.38. The zero-order valence-electron chi connectivity index (χ0n) is 15.4. The van der Waals surface area contributed by atoms with Gasteiger partial charge >= 0.3 is 0 Å². The van der Waals surface area contributed by atoms with Crippen LogP contribution < -0.4 is 0 Å². The molecule has 0 aliphatic heterocycles. The van der Waals surface area contributed by atoms with Gasteiger partial charge in [0.05, 0.1) is 6.54 Å². The Kier molecular flexibility index (Phi) is 17.1. The lowest BCUT2D eigenvalue weighted by Crippen LogP contribution is -2.49. The maximum Gasteiger partial charge on any atom is 0.183 e. The average Bonchev–Trinajstić information content (AvgIpc) is 2.59. The van der Waals surface area contributed by atoms with Gasteiger partial charge in [-0.2, -0.15) is 0 Å². The van der Waals surface area contributed by atoms with E-state index in [9.17, 15) is 10.2 Å². The van der Waals surface area contributed by atoms with Crippen molar-refractivity contribution in [2.75, 3.05) is 26.0 Å². The van der Waals surface area contributed by atoms with Crippen LogP contribution in [-0.2, 0) is 0 Å². The van der Waals surface area contributed by atoms with Crippen LogP contribution in [0.1, 0.15) is 96.8 Å². The largest absolute Gasteiger partial charge is 0.347 e. The fourth-order valence-electron chi connectivity index (χ4n) is 2.96. The van der Waals surface area contributed by atoms with Gasteiger partial charge in [0.25, 0.3) is 0 Å². The quantitative estimate of drug-likeness (QED) is 0.114. The van der Waals surface area contributed by atoms with Gasteiger partial charge in [-0.3, -0.25) is 4.48 Å². The Morgan fingerprint density at radius 3 is 1.26 bits per heavy atom. The fourth-order valence-corrected chi connectivity index (χ4v) is 3.23. The Labute approximate surface area is 149 Å². The lowest BCUT2D eigenvalue weighted by atomic mass is 10.0. The van der Waals surface area contributed by atoms with Crippen LogP contribution in [-0.4, -0.2) is 40.7 Å². The first-order chi connectivity index (χ1) is 11.2. The molecule has 3 nitrogen and oxygen atoms in total. The summed E-state index contributed by atoms with van der Waals surface area (Å²) < 4.78 is 0.208. The van der Waals surface area contributed by atoms with Gasteiger partial charge in [-0.25, -0.2) is 0 Å². The number of hydrogen-bond donors (Lipinski definition) is 2. The summed E-state index contributed by atoms with van der Waals surface area (Å²) in [6.07, 6.45) is 18.8. The van der Waals surface area contributed by atoms with Crippen molar-refractivity contribution in [1.29, 1.82) is 0 Å². The van der Waals surface area contributed by atoms with Crippen molar-refractivity contribution in [2.24, 2.45) is 0 Å². The summed E-state index contributed by atoms with van der Waals surface area (Å²) in [4.78, 5) is 0. The normalized spacial score (nSPS) is 12.0. The molecule has 140 valence electrons. The summed E-state index contributed by atoms with van der Waals surface area (Å²) in [7, 11) is 0. The molecule has 2 N–H and O–H groups in total. The maximum absolute atomic E-state index is 9.31. The molecule has 4 heteroatoms. The van der Waals surface area contributed by atoms with Gasteiger partial charge in [-0.15, -0.1) is 0 Å². The van der Waals surface area contributed by atoms with Gasteiger partial charge in [-0.1, -0.05) is 95.6 Å². The molecular formula is C19H41ClNO2+. The summed E-state index contributed by atoms with van der Waals surface area (Å²) >= 11 is 5.84. The second-order valence-corrected chi connectivity index (χ2v) is 7.30. The van der Waals surface area contributed by atoms with Crippen LogP contribution in [0.25, 0.3) is 0 Å². The molecule has 0 fully saturated rings. The van der Waals surface area contributed by atoms with Gasteiger partial charge in [0.15, 0.2) is 19.5 Å². The van der Waals surface area contributed by atoms with Gasteiger partial charge in [0.2, 0.25) is 0 Å². The number of rotatable bonds is 18. The summed E-state index contributed by atoms with van der Waals surface area (Å²) in [5, 5.41) is 18.6. The lowest BCUT2D eigenvalue weighted by Gasteiger charge is -2.31. The van der Waals surface area contributed by atoms with Crippen LogP contribution in [0.15, 0.2) is 0 Å². The first-order valence-electron chi connectivity index (χ1n) is 9.87. The summed E-state index contributed by atoms with van der Waals surface area (Å²) in [6, 6.07) is 0.283. The SMILES string of the molecule is CCCCCCCCCCCCCCCC[N+](CO)(CO)CCl. The number of halogens is 1. The molecule has 0 saturated heterocycles. The minimum Gasteiger partial charge on any atom is -0.347 e. The third-order valence-corrected chi connectivity index (χ3v) is 5.35. The summed E-state index contributed by atoms with van der Waals surface area (Å²) in [5.74, 6) is 0. The van der Waals surface area contributed by atoms with E-state index in [0.717, 1.165) is 13.0 Å². The van der Waals surface area contributed by atoms with Crippen LogP contribution >= 0.6 is 11.6 Å². The molecule has 0 spiro atoms. The smallest absolute Gasteiger partial charge is 0.183 e. The van der Waals surface area contributed by atoms with Crippen LogP contribution in [0.2, 0.25) is 0 Å². The van der Waals surface area contributed by atoms with E-state index in [-0.39, 0.29) is 23.9 Å². The van der Waals surface area contributed by atoms with E-state index in [4.69, 9.17) is 11.6 Å². The van der Waals surface area contributed by atoms with Gasteiger partial charge in [-0.05, 0) is 12.8 Å². The van der Waals surface area contributed by atoms with Crippen LogP contribution in [0.3, 0.4) is 0 Å². The molecule has 0 unspecified atom stereocenters. The average molecular weight is 351 g/mol. The minimum atomic E-state index is -0.0710. The zero-order chi connectivity index (χ0) is 17.2. The van der Waals surface area contributed by atoms with Crippen LogP contribution in [0.5, 0.6) is 0 Å². The highest BCUT2D eigenvalue weighted by Gasteiger charge is 2.23. The second kappa shape index (κ2) is 17.0. The van der Waals surface area contributed by atoms with Crippen molar-refractivity contribution in [2.45, 2.75) is 96.8 Å². The fraction of sp³-hybridized carbons (Fsp3) is 1.00. The molecule has 23 heavy (non-hydrogen) atoms. The second-order valence-electron chi connectivity index (χ2n) is 7.06. The molecule has 0 aromatic heterocycles. The molecule has 0 heterocycles. The van der Waals surface area contributed by atoms with E-state index in [1.807, 2.05) is 0 Å². The topological polar surface area (TPSA) is 40.5 Å². The highest BCUT2D eigenvalue weighted by molar-refractivity contribution is 6.16. The Bertz CT molecular complexity index is 227. The van der Waals surface area contributed by atoms with Gasteiger partial charge < -0.3 is 10.2 Å². The molecule has 0 aliphatic rings. The number of hydrogen-bond acceptors (Lipinski definition) is 2. The lowest BCUT2D eigenvalue weighted by molar-refractivity contribution is -0.951. The summed E-state index contributed by atoms with van der Waals surface area (Å²) in [6.45, 7) is 2.90. The van der Waals surface area contributed by atoms with Crippen LogP contribution in [0, 0.1) is 0 Å². The molecule has 0 saturated carbocycles. The van der Waals surface area contributed by atoms with Crippen molar-refractivity contribution < 1.29 is 14.7 Å². The van der Waals surface area contributed by atoms with Crippen molar-refractivity contribution >= 4 is 11.6 Å². The molecule has 0 atom stereocenters. The van der Waals surface area contributed by atoms with Crippen molar-refractivity contribution in [3.05, 3.63) is 0 Å². The third kappa shape index (κ3) is 13.2. The standard InChI is InChI=1S/C19H41ClNO2/c1-2-3-4-5-6-7-8-9-10-11-12-13-14-15-16-21(17-20,18-22)19-23/h22-23H,2-19H2,1H3/q+1. The van der Waals surface area contributed by atoms with E-state index in [0.29, 0.717) is 0 Å². The van der Waals surface area contributed by atoms with Crippen molar-refractivity contribution in [1.82, 2.24) is 0 Å². The first kappa shape index (κ1) is 23.2. The molecule has 0 rings (SSSR count). The monoisotopic (exact) mass is 350 g/mol. The Balaban J connectivity index is 3.25. The van der Waals surface area contributed by atoms with Gasteiger partial charge in [0, 0.05) is 0 Å².